The van der Waals surface area contributed by atoms with Crippen molar-refractivity contribution in [2.45, 2.75) is 226 Å². The first-order valence-electron chi connectivity index (χ1n) is 27.7. The number of aryl methyl sites for hydroxylation is 1. The second-order valence-electron chi connectivity index (χ2n) is 19.3. The number of nitrogens with one attached hydrogen (secondary N) is 2. The first-order valence-corrected chi connectivity index (χ1v) is 27.7. The average molecular weight is 953 g/mol. The maximum atomic E-state index is 14.0. The van der Waals surface area contributed by atoms with Crippen LogP contribution in [0.2, 0.25) is 0 Å². The summed E-state index contributed by atoms with van der Waals surface area (Å²) >= 11 is 0. The van der Waals surface area contributed by atoms with Crippen molar-refractivity contribution in [3.05, 3.63) is 88.5 Å². The third-order valence-electron chi connectivity index (χ3n) is 13.1. The minimum atomic E-state index is -0.738. The summed E-state index contributed by atoms with van der Waals surface area (Å²) in [5.41, 5.74) is 1.24. The number of esters is 2. The highest BCUT2D eigenvalue weighted by molar-refractivity contribution is 6.15. The number of hydrogen-bond donors (Lipinski definition) is 2. The van der Waals surface area contributed by atoms with Crippen LogP contribution in [0, 0.1) is 6.92 Å². The van der Waals surface area contributed by atoms with Crippen LogP contribution >= 0.6 is 0 Å². The van der Waals surface area contributed by atoms with Crippen molar-refractivity contribution in [1.29, 1.82) is 0 Å². The molecule has 0 spiro atoms. The zero-order valence-electron chi connectivity index (χ0n) is 43.7. The van der Waals surface area contributed by atoms with Crippen LogP contribution < -0.4 is 15.4 Å². The van der Waals surface area contributed by atoms with Crippen LogP contribution in [0.4, 0.5) is 5.69 Å². The van der Waals surface area contributed by atoms with Gasteiger partial charge in [-0.15, -0.1) is 0 Å². The molecule has 2 N–H and O–H groups in total. The molecule has 2 amide bonds. The van der Waals surface area contributed by atoms with E-state index in [4.69, 9.17) is 14.2 Å². The van der Waals surface area contributed by atoms with E-state index in [0.717, 1.165) is 44.1 Å². The number of ether oxygens (including phenoxy) is 3. The molecule has 0 aromatic heterocycles. The van der Waals surface area contributed by atoms with E-state index in [1.54, 1.807) is 24.3 Å². The predicted octanol–water partition coefficient (Wildman–Crippen LogP) is 17.2. The SMILES string of the molecule is CCCCCCCCCCCCCCCCCCOC(=O)c1cc(C(=O)OCCCCCCCCCCCCCCCCCC)c(C(=O)Nc2ccc(Oc3ccc(C)cc3)cc2)cc1C(=O)NC. The van der Waals surface area contributed by atoms with E-state index in [9.17, 15) is 19.2 Å². The summed E-state index contributed by atoms with van der Waals surface area (Å²) < 4.78 is 17.4. The number of amides is 2. The number of carbonyl (C=O) groups excluding carboxylic acids is 4. The number of anilines is 1. The van der Waals surface area contributed by atoms with Crippen molar-refractivity contribution in [1.82, 2.24) is 5.32 Å². The van der Waals surface area contributed by atoms with Crippen LogP contribution in [-0.2, 0) is 9.47 Å². The van der Waals surface area contributed by atoms with Crippen LogP contribution in [0.15, 0.2) is 60.7 Å². The highest BCUT2D eigenvalue weighted by atomic mass is 16.5. The molecule has 0 radical (unpaired) electrons. The lowest BCUT2D eigenvalue weighted by Crippen LogP contribution is -2.26. The lowest BCUT2D eigenvalue weighted by molar-refractivity contribution is 0.0490. The molecular formula is C60H92N2O7. The first kappa shape index (κ1) is 58.7. The molecule has 9 heteroatoms. The van der Waals surface area contributed by atoms with E-state index in [1.807, 2.05) is 31.2 Å². The Morgan fingerprint density at radius 1 is 0.391 bits per heavy atom. The minimum absolute atomic E-state index is 0.0594. The smallest absolute Gasteiger partial charge is 0.338 e. The van der Waals surface area contributed by atoms with Gasteiger partial charge in [0, 0.05) is 12.7 Å². The fraction of sp³-hybridized carbons (Fsp3) is 0.633. The molecule has 3 rings (SSSR count). The molecule has 0 bridgehead atoms. The lowest BCUT2D eigenvalue weighted by Gasteiger charge is -2.16. The van der Waals surface area contributed by atoms with Crippen molar-refractivity contribution in [3.8, 4) is 11.5 Å². The number of unbranched alkanes of at least 4 members (excludes halogenated alkanes) is 30. The maximum Gasteiger partial charge on any atom is 0.338 e. The molecule has 0 heterocycles. The summed E-state index contributed by atoms with van der Waals surface area (Å²) in [5, 5.41) is 5.42. The van der Waals surface area contributed by atoms with Gasteiger partial charge in [0.1, 0.15) is 11.5 Å². The molecule has 0 atom stereocenters. The van der Waals surface area contributed by atoms with Gasteiger partial charge in [-0.25, -0.2) is 9.59 Å². The van der Waals surface area contributed by atoms with Gasteiger partial charge in [-0.2, -0.15) is 0 Å². The van der Waals surface area contributed by atoms with Crippen molar-refractivity contribution < 1.29 is 33.4 Å². The largest absolute Gasteiger partial charge is 0.462 e. The molecule has 3 aromatic carbocycles. The summed E-state index contributed by atoms with van der Waals surface area (Å²) in [6, 6.07) is 17.1. The Hall–Kier alpha value is -4.66. The quantitative estimate of drug-likeness (QED) is 0.0429. The fourth-order valence-electron chi connectivity index (χ4n) is 8.78. The second kappa shape index (κ2) is 38.1. The Bertz CT molecular complexity index is 1840. The van der Waals surface area contributed by atoms with Crippen LogP contribution in [0.25, 0.3) is 0 Å². The van der Waals surface area contributed by atoms with Crippen molar-refractivity contribution >= 4 is 29.4 Å². The van der Waals surface area contributed by atoms with E-state index >= 15 is 0 Å². The highest BCUT2D eigenvalue weighted by Gasteiger charge is 2.27. The molecule has 0 fully saturated rings. The van der Waals surface area contributed by atoms with Gasteiger partial charge in [-0.1, -0.05) is 224 Å². The van der Waals surface area contributed by atoms with Gasteiger partial charge in [0.15, 0.2) is 0 Å². The topological polar surface area (TPSA) is 120 Å². The van der Waals surface area contributed by atoms with Crippen molar-refractivity contribution in [3.63, 3.8) is 0 Å². The molecule has 384 valence electrons. The van der Waals surface area contributed by atoms with Gasteiger partial charge in [-0.3, -0.25) is 9.59 Å². The zero-order chi connectivity index (χ0) is 49.6. The normalized spacial score (nSPS) is 11.1. The van der Waals surface area contributed by atoms with E-state index in [0.29, 0.717) is 30.0 Å². The van der Waals surface area contributed by atoms with Gasteiger partial charge in [0.05, 0.1) is 35.5 Å². The summed E-state index contributed by atoms with van der Waals surface area (Å²) in [7, 11) is 1.45. The molecule has 0 aliphatic carbocycles. The first-order chi connectivity index (χ1) is 33.8. The molecule has 0 unspecified atom stereocenters. The second-order valence-corrected chi connectivity index (χ2v) is 19.3. The summed E-state index contributed by atoms with van der Waals surface area (Å²) in [6.45, 7) is 6.90. The Balaban J connectivity index is 1.53. The molecule has 0 aliphatic rings. The third kappa shape index (κ3) is 26.2. The Morgan fingerprint density at radius 2 is 0.696 bits per heavy atom. The number of carbonyl (C=O) groups is 4. The Labute approximate surface area is 418 Å². The van der Waals surface area contributed by atoms with Crippen LogP contribution in [-0.4, -0.2) is 44.0 Å². The molecule has 69 heavy (non-hydrogen) atoms. The fourth-order valence-corrected chi connectivity index (χ4v) is 8.78. The highest BCUT2D eigenvalue weighted by Crippen LogP contribution is 2.26. The number of rotatable bonds is 41. The standard InChI is InChI=1S/C60H92N2O7/c1-5-7-9-11-13-15-17-19-21-23-25-27-29-31-33-35-45-67-59(65)55-48-56(60(66)68-46-36-34-32-30-28-26-24-22-20-18-16-14-12-10-8-6-2)54(47-53(55)57(63)61-4)58(64)62-50-39-43-52(44-40-50)69-51-41-37-49(3)38-42-51/h37-44,47-48H,5-36,45-46H2,1-4H3,(H,61,63)(H,62,64). The van der Waals surface area contributed by atoms with E-state index in [2.05, 4.69) is 24.5 Å². The zero-order valence-corrected chi connectivity index (χ0v) is 43.7. The van der Waals surface area contributed by atoms with Crippen LogP contribution in [0.1, 0.15) is 266 Å². The van der Waals surface area contributed by atoms with Gasteiger partial charge in [-0.05, 0) is 68.3 Å². The van der Waals surface area contributed by atoms with Crippen molar-refractivity contribution in [2.24, 2.45) is 0 Å². The number of hydrogen-bond acceptors (Lipinski definition) is 7. The van der Waals surface area contributed by atoms with Gasteiger partial charge < -0.3 is 24.8 Å². The molecular weight excluding hydrogens is 861 g/mol. The van der Waals surface area contributed by atoms with Crippen molar-refractivity contribution in [2.75, 3.05) is 25.6 Å². The molecule has 3 aromatic rings. The summed E-state index contributed by atoms with van der Waals surface area (Å²) in [4.78, 5) is 54.7. The van der Waals surface area contributed by atoms with Gasteiger partial charge >= 0.3 is 11.9 Å². The van der Waals surface area contributed by atoms with Gasteiger partial charge in [0.2, 0.25) is 0 Å². The van der Waals surface area contributed by atoms with E-state index in [-0.39, 0.29) is 35.5 Å². The Morgan fingerprint density at radius 3 is 1.04 bits per heavy atom. The van der Waals surface area contributed by atoms with Gasteiger partial charge in [0.25, 0.3) is 11.8 Å². The average Bonchev–Trinajstić information content (AvgIpc) is 3.36. The maximum absolute atomic E-state index is 14.0. The van der Waals surface area contributed by atoms with Crippen LogP contribution in [0.3, 0.4) is 0 Å². The third-order valence-corrected chi connectivity index (χ3v) is 13.1. The van der Waals surface area contributed by atoms with E-state index < -0.39 is 23.8 Å². The molecule has 0 aliphatic heterocycles. The predicted molar refractivity (Wildman–Crippen MR) is 285 cm³/mol. The molecule has 0 saturated heterocycles. The molecule has 0 saturated carbocycles. The minimum Gasteiger partial charge on any atom is -0.462 e. The lowest BCUT2D eigenvalue weighted by atomic mass is 9.96. The monoisotopic (exact) mass is 953 g/mol. The molecule has 9 nitrogen and oxygen atoms in total. The Kier molecular flexibility index (Phi) is 32.4. The summed E-state index contributed by atoms with van der Waals surface area (Å²) in [5.74, 6) is -1.40. The summed E-state index contributed by atoms with van der Waals surface area (Å²) in [6.07, 6.45) is 39.7. The van der Waals surface area contributed by atoms with E-state index in [1.165, 1.54) is 173 Å². The number of benzene rings is 3. The van der Waals surface area contributed by atoms with Crippen LogP contribution in [0.5, 0.6) is 11.5 Å².